The molecule has 4 heteroatoms. The lowest BCUT2D eigenvalue weighted by Crippen LogP contribution is -2.20. The van der Waals surface area contributed by atoms with Gasteiger partial charge in [0.1, 0.15) is 5.57 Å². The number of allylic oxidation sites excluding steroid dienone is 3. The van der Waals surface area contributed by atoms with Crippen molar-refractivity contribution in [1.82, 2.24) is 5.32 Å². The largest absolute Gasteiger partial charge is 0.462 e. The summed E-state index contributed by atoms with van der Waals surface area (Å²) in [6.45, 7) is 3.29. The van der Waals surface area contributed by atoms with Crippen LogP contribution in [0.3, 0.4) is 0 Å². The number of ketones is 1. The fourth-order valence-electron chi connectivity index (χ4n) is 1.20. The first-order valence-electron chi connectivity index (χ1n) is 4.69. The Morgan fingerprint density at radius 1 is 1.40 bits per heavy atom. The Morgan fingerprint density at radius 3 is 2.60 bits per heavy atom. The van der Waals surface area contributed by atoms with Crippen LogP contribution in [0.5, 0.6) is 0 Å². The van der Waals surface area contributed by atoms with Crippen LogP contribution < -0.4 is 5.32 Å². The molecule has 1 N–H and O–H groups in total. The van der Waals surface area contributed by atoms with Gasteiger partial charge < -0.3 is 10.1 Å². The molecule has 0 aromatic rings. The highest BCUT2D eigenvalue weighted by molar-refractivity contribution is 6.17. The summed E-state index contributed by atoms with van der Waals surface area (Å²) in [4.78, 5) is 22.8. The van der Waals surface area contributed by atoms with E-state index in [9.17, 15) is 9.59 Å². The number of dihydropyridines is 1. The molecule has 1 aliphatic heterocycles. The molecule has 1 aliphatic rings. The van der Waals surface area contributed by atoms with Crippen molar-refractivity contribution < 1.29 is 14.3 Å². The van der Waals surface area contributed by atoms with Crippen LogP contribution in [0.1, 0.15) is 13.8 Å². The summed E-state index contributed by atoms with van der Waals surface area (Å²) in [5.74, 6) is -0.900. The maximum Gasteiger partial charge on any atom is 0.343 e. The van der Waals surface area contributed by atoms with Crippen LogP contribution in [0.15, 0.2) is 35.7 Å². The van der Waals surface area contributed by atoms with Gasteiger partial charge in [-0.3, -0.25) is 4.79 Å². The molecule has 0 saturated carbocycles. The normalized spacial score (nSPS) is 16.9. The third-order valence-electron chi connectivity index (χ3n) is 1.81. The Bertz CT molecular complexity index is 364. The molecule has 0 spiro atoms. The average molecular weight is 207 g/mol. The van der Waals surface area contributed by atoms with Crippen molar-refractivity contribution in [2.75, 3.05) is 6.61 Å². The lowest BCUT2D eigenvalue weighted by molar-refractivity contribution is -0.139. The van der Waals surface area contributed by atoms with Crippen molar-refractivity contribution in [1.29, 1.82) is 0 Å². The first-order chi connectivity index (χ1) is 7.16. The Labute approximate surface area is 88.3 Å². The molecule has 1 rings (SSSR count). The zero-order valence-electron chi connectivity index (χ0n) is 8.74. The molecule has 0 bridgehead atoms. The van der Waals surface area contributed by atoms with Gasteiger partial charge in [0.2, 0.25) is 0 Å². The number of esters is 1. The maximum atomic E-state index is 11.5. The molecule has 80 valence electrons. The Hall–Kier alpha value is -1.84. The van der Waals surface area contributed by atoms with Gasteiger partial charge >= 0.3 is 5.97 Å². The predicted octanol–water partition coefficient (Wildman–Crippen LogP) is 1.07. The van der Waals surface area contributed by atoms with Crippen molar-refractivity contribution in [3.8, 4) is 0 Å². The number of nitrogens with one attached hydrogen (secondary N) is 1. The van der Waals surface area contributed by atoms with E-state index < -0.39 is 5.97 Å². The van der Waals surface area contributed by atoms with E-state index in [1.807, 2.05) is 0 Å². The highest BCUT2D eigenvalue weighted by atomic mass is 16.5. The van der Waals surface area contributed by atoms with E-state index in [0.29, 0.717) is 5.70 Å². The van der Waals surface area contributed by atoms with Crippen molar-refractivity contribution >= 4 is 11.8 Å². The molecular formula is C11H13NO3. The topological polar surface area (TPSA) is 55.4 Å². The number of ether oxygens (including phenoxy) is 1. The smallest absolute Gasteiger partial charge is 0.343 e. The predicted molar refractivity (Wildman–Crippen MR) is 55.8 cm³/mol. The Kier molecular flexibility index (Phi) is 3.85. The minimum absolute atomic E-state index is 0.0532. The van der Waals surface area contributed by atoms with E-state index in [-0.39, 0.29) is 18.0 Å². The second kappa shape index (κ2) is 5.14. The average Bonchev–Trinajstić information content (AvgIpc) is 2.19. The minimum atomic E-state index is -0.590. The molecule has 0 unspecified atom stereocenters. The van der Waals surface area contributed by atoms with Crippen LogP contribution in [-0.2, 0) is 14.3 Å². The molecule has 0 fully saturated rings. The summed E-state index contributed by atoms with van der Waals surface area (Å²) in [6.07, 6.45) is 6.82. The fourth-order valence-corrected chi connectivity index (χ4v) is 1.20. The Morgan fingerprint density at radius 2 is 2.13 bits per heavy atom. The fraction of sp³-hybridized carbons (Fsp3) is 0.273. The number of carbonyl (C=O) groups is 2. The number of hydrogen-bond donors (Lipinski definition) is 1. The molecule has 15 heavy (non-hydrogen) atoms. The van der Waals surface area contributed by atoms with Gasteiger partial charge in [-0.25, -0.2) is 4.79 Å². The number of hydrogen-bond acceptors (Lipinski definition) is 4. The van der Waals surface area contributed by atoms with E-state index >= 15 is 0 Å². The van der Waals surface area contributed by atoms with Gasteiger partial charge in [-0.15, -0.1) is 0 Å². The van der Waals surface area contributed by atoms with Crippen LogP contribution in [0, 0.1) is 0 Å². The third kappa shape index (κ3) is 2.80. The van der Waals surface area contributed by atoms with E-state index in [1.54, 1.807) is 31.4 Å². The van der Waals surface area contributed by atoms with Gasteiger partial charge in [0.15, 0.2) is 5.78 Å². The van der Waals surface area contributed by atoms with E-state index in [4.69, 9.17) is 4.74 Å². The summed E-state index contributed by atoms with van der Waals surface area (Å²) in [7, 11) is 0. The summed E-state index contributed by atoms with van der Waals surface area (Å²) >= 11 is 0. The van der Waals surface area contributed by atoms with E-state index in [2.05, 4.69) is 5.32 Å². The summed E-state index contributed by atoms with van der Waals surface area (Å²) in [5.41, 5.74) is 0.529. The number of carbonyl (C=O) groups excluding carboxylic acids is 2. The first-order valence-corrected chi connectivity index (χ1v) is 4.69. The number of Topliss-reactive ketones (excluding diaryl/α,β-unsaturated/α-hetero) is 1. The number of rotatable bonds is 3. The molecule has 1 heterocycles. The molecule has 4 nitrogen and oxygen atoms in total. The molecule has 0 amide bonds. The van der Waals surface area contributed by atoms with Crippen LogP contribution >= 0.6 is 0 Å². The zero-order chi connectivity index (χ0) is 11.3. The van der Waals surface area contributed by atoms with E-state index in [0.717, 1.165) is 0 Å². The van der Waals surface area contributed by atoms with Crippen LogP contribution in [0.25, 0.3) is 0 Å². The molecule has 0 aliphatic carbocycles. The highest BCUT2D eigenvalue weighted by Crippen LogP contribution is 2.10. The zero-order valence-corrected chi connectivity index (χ0v) is 8.74. The monoisotopic (exact) mass is 207 g/mol. The van der Waals surface area contributed by atoms with Crippen molar-refractivity contribution in [2.45, 2.75) is 13.8 Å². The SMILES string of the molecule is CCOC(=O)C(C(C)=O)=C1C=CC=CN1. The summed E-state index contributed by atoms with van der Waals surface area (Å²) in [5, 5.41) is 2.83. The summed E-state index contributed by atoms with van der Waals surface area (Å²) in [6, 6.07) is 0. The van der Waals surface area contributed by atoms with Crippen molar-refractivity contribution in [3.05, 3.63) is 35.7 Å². The van der Waals surface area contributed by atoms with Crippen LogP contribution in [0.2, 0.25) is 0 Å². The second-order valence-electron chi connectivity index (χ2n) is 2.93. The summed E-state index contributed by atoms with van der Waals surface area (Å²) < 4.78 is 4.80. The van der Waals surface area contributed by atoms with Crippen LogP contribution in [-0.4, -0.2) is 18.4 Å². The van der Waals surface area contributed by atoms with Gasteiger partial charge in [0.25, 0.3) is 0 Å². The Balaban J connectivity index is 3.01. The standard InChI is InChI=1S/C11H13NO3/c1-3-15-11(14)10(8(2)13)9-6-4-5-7-12-9/h4-7,12H,3H2,1-2H3. The van der Waals surface area contributed by atoms with Crippen LogP contribution in [0.4, 0.5) is 0 Å². The molecule has 0 atom stereocenters. The third-order valence-corrected chi connectivity index (χ3v) is 1.81. The lowest BCUT2D eigenvalue weighted by atomic mass is 10.1. The van der Waals surface area contributed by atoms with Gasteiger partial charge in [0, 0.05) is 6.20 Å². The van der Waals surface area contributed by atoms with Gasteiger partial charge in [-0.1, -0.05) is 6.08 Å². The minimum Gasteiger partial charge on any atom is -0.462 e. The van der Waals surface area contributed by atoms with Crippen molar-refractivity contribution in [3.63, 3.8) is 0 Å². The molecule has 0 aromatic carbocycles. The quantitative estimate of drug-likeness (QED) is 0.325. The second-order valence-corrected chi connectivity index (χ2v) is 2.93. The molecule has 0 saturated heterocycles. The molecule has 0 aromatic heterocycles. The highest BCUT2D eigenvalue weighted by Gasteiger charge is 2.20. The van der Waals surface area contributed by atoms with Gasteiger partial charge in [-0.2, -0.15) is 0 Å². The van der Waals surface area contributed by atoms with Gasteiger partial charge in [-0.05, 0) is 26.0 Å². The molecule has 0 radical (unpaired) electrons. The molecular weight excluding hydrogens is 194 g/mol. The van der Waals surface area contributed by atoms with E-state index in [1.165, 1.54) is 6.92 Å². The maximum absolute atomic E-state index is 11.5. The van der Waals surface area contributed by atoms with Crippen molar-refractivity contribution in [2.24, 2.45) is 0 Å². The van der Waals surface area contributed by atoms with Gasteiger partial charge in [0.05, 0.1) is 12.3 Å². The lowest BCUT2D eigenvalue weighted by Gasteiger charge is -2.10. The first kappa shape index (κ1) is 11.2.